The number of allylic oxidation sites excluding steroid dienone is 14. The molecule has 608 valence electrons. The summed E-state index contributed by atoms with van der Waals surface area (Å²) in [6.45, 7) is 4.38. The third kappa shape index (κ3) is 88.1. The molecule has 0 aliphatic heterocycles. The number of rotatable bonds is 85. The van der Waals surface area contributed by atoms with Crippen molar-refractivity contribution in [3.63, 3.8) is 0 Å². The SMILES string of the molecule is CC/C=C\C/C=C\C/C=C\C/C=C\C/C=C\CCCCCCCCCCCCCCCCCCCCCCCCCC(=O)OC(COC(=O)CCCCCCCCCCCCCCCCCCCCCCCCCCCCCCC/C=C\C/C=C\CCCCCCC)COP(=O)(O)OCC[N+](C)(C)C. The van der Waals surface area contributed by atoms with Gasteiger partial charge in [-0.3, -0.25) is 18.6 Å². The number of carbonyl (C=O) groups excluding carboxylic acids is 2. The topological polar surface area (TPSA) is 108 Å². The molecule has 0 aromatic heterocycles. The molecule has 0 fully saturated rings. The van der Waals surface area contributed by atoms with Gasteiger partial charge in [-0.25, -0.2) is 4.57 Å². The maximum Gasteiger partial charge on any atom is 0.472 e. The molecule has 0 aromatic carbocycles. The minimum atomic E-state index is -4.40. The van der Waals surface area contributed by atoms with Crippen LogP contribution in [0.3, 0.4) is 0 Å². The van der Waals surface area contributed by atoms with Gasteiger partial charge in [-0.2, -0.15) is 0 Å². The summed E-state index contributed by atoms with van der Waals surface area (Å²) in [7, 11) is 1.50. The number of phosphoric ester groups is 1. The van der Waals surface area contributed by atoms with Crippen LogP contribution in [0.25, 0.3) is 0 Å². The summed E-state index contributed by atoms with van der Waals surface area (Å²) < 4.78 is 34.9. The Bertz CT molecular complexity index is 2040. The summed E-state index contributed by atoms with van der Waals surface area (Å²) in [5.74, 6) is -0.772. The first-order valence-corrected chi connectivity index (χ1v) is 46.8. The van der Waals surface area contributed by atoms with Crippen LogP contribution in [0.1, 0.15) is 450 Å². The van der Waals surface area contributed by atoms with Crippen LogP contribution in [0.15, 0.2) is 85.1 Å². The van der Waals surface area contributed by atoms with E-state index in [0.717, 1.165) is 70.6 Å². The summed E-state index contributed by atoms with van der Waals surface area (Å²) in [6, 6.07) is 0. The molecule has 0 aromatic rings. The van der Waals surface area contributed by atoms with Crippen molar-refractivity contribution in [3.05, 3.63) is 85.1 Å². The predicted molar refractivity (Wildman–Crippen MR) is 455 cm³/mol. The highest BCUT2D eigenvalue weighted by atomic mass is 31.2. The lowest BCUT2D eigenvalue weighted by atomic mass is 10.0. The highest BCUT2D eigenvalue weighted by molar-refractivity contribution is 7.47. The highest BCUT2D eigenvalue weighted by Crippen LogP contribution is 2.43. The van der Waals surface area contributed by atoms with E-state index in [1.54, 1.807) is 0 Å². The average Bonchev–Trinajstić information content (AvgIpc) is 0.915. The van der Waals surface area contributed by atoms with Gasteiger partial charge in [0.15, 0.2) is 6.10 Å². The third-order valence-electron chi connectivity index (χ3n) is 20.4. The number of unbranched alkanes of at least 4 members (excludes halogenated alkanes) is 57. The molecule has 0 spiro atoms. The number of esters is 2. The number of quaternary nitrogens is 1. The second kappa shape index (κ2) is 84.2. The van der Waals surface area contributed by atoms with Crippen LogP contribution in [0, 0.1) is 0 Å². The lowest BCUT2D eigenvalue weighted by Gasteiger charge is -2.24. The monoisotopic (exact) mass is 1480 g/mol. The highest BCUT2D eigenvalue weighted by Gasteiger charge is 2.27. The summed E-state index contributed by atoms with van der Waals surface area (Å²) >= 11 is 0. The fraction of sp³-hybridized carbons (Fsp3) is 0.830. The molecule has 0 aliphatic carbocycles. The fourth-order valence-corrected chi connectivity index (χ4v) is 14.3. The largest absolute Gasteiger partial charge is 0.472 e. The maximum absolute atomic E-state index is 13.0. The predicted octanol–water partition coefficient (Wildman–Crippen LogP) is 30.7. The van der Waals surface area contributed by atoms with Crippen LogP contribution < -0.4 is 0 Å². The number of carbonyl (C=O) groups is 2. The number of hydrogen-bond donors (Lipinski definition) is 1. The average molecular weight is 1480 g/mol. The van der Waals surface area contributed by atoms with Crippen LogP contribution in [0.4, 0.5) is 0 Å². The Kier molecular flexibility index (Phi) is 81.9. The van der Waals surface area contributed by atoms with Gasteiger partial charge in [0, 0.05) is 12.8 Å². The van der Waals surface area contributed by atoms with E-state index in [4.69, 9.17) is 18.5 Å². The first-order valence-electron chi connectivity index (χ1n) is 45.3. The lowest BCUT2D eigenvalue weighted by Crippen LogP contribution is -2.37. The van der Waals surface area contributed by atoms with Crippen LogP contribution in [0.2, 0.25) is 0 Å². The number of ether oxygens (including phenoxy) is 2. The molecule has 9 nitrogen and oxygen atoms in total. The van der Waals surface area contributed by atoms with E-state index in [2.05, 4.69) is 98.9 Å². The zero-order valence-electron chi connectivity index (χ0n) is 69.8. The molecule has 0 saturated carbocycles. The maximum atomic E-state index is 13.0. The minimum Gasteiger partial charge on any atom is -0.462 e. The second-order valence-electron chi connectivity index (χ2n) is 32.0. The Balaban J connectivity index is 3.84. The molecule has 0 amide bonds. The van der Waals surface area contributed by atoms with Crippen molar-refractivity contribution >= 4 is 19.8 Å². The van der Waals surface area contributed by atoms with Gasteiger partial charge in [-0.1, -0.05) is 433 Å². The van der Waals surface area contributed by atoms with E-state index in [1.165, 1.54) is 347 Å². The third-order valence-corrected chi connectivity index (χ3v) is 21.4. The van der Waals surface area contributed by atoms with Gasteiger partial charge in [-0.15, -0.1) is 0 Å². The summed E-state index contributed by atoms with van der Waals surface area (Å²) in [5, 5.41) is 0. The zero-order valence-corrected chi connectivity index (χ0v) is 70.7. The summed E-state index contributed by atoms with van der Waals surface area (Å²) in [4.78, 5) is 36.1. The lowest BCUT2D eigenvalue weighted by molar-refractivity contribution is -0.870. The van der Waals surface area contributed by atoms with E-state index < -0.39 is 26.5 Å². The normalized spacial score (nSPS) is 13.3. The molecular formula is C94H175NO8P+. The van der Waals surface area contributed by atoms with Gasteiger partial charge in [-0.05, 0) is 89.9 Å². The Morgan fingerprint density at radius 1 is 0.308 bits per heavy atom. The molecule has 0 heterocycles. The number of hydrogen-bond acceptors (Lipinski definition) is 7. The molecule has 104 heavy (non-hydrogen) atoms. The van der Waals surface area contributed by atoms with Crippen molar-refractivity contribution in [3.8, 4) is 0 Å². The van der Waals surface area contributed by atoms with Gasteiger partial charge >= 0.3 is 19.8 Å². The van der Waals surface area contributed by atoms with Gasteiger partial charge in [0.25, 0.3) is 0 Å². The molecule has 0 radical (unpaired) electrons. The van der Waals surface area contributed by atoms with Crippen LogP contribution in [0.5, 0.6) is 0 Å². The number of nitrogens with zero attached hydrogens (tertiary/aromatic N) is 1. The van der Waals surface area contributed by atoms with E-state index in [0.29, 0.717) is 23.9 Å². The zero-order chi connectivity index (χ0) is 75.4. The first kappa shape index (κ1) is 101. The Morgan fingerprint density at radius 3 is 0.817 bits per heavy atom. The minimum absolute atomic E-state index is 0.0338. The van der Waals surface area contributed by atoms with Crippen molar-refractivity contribution in [2.45, 2.75) is 457 Å². The summed E-state index contributed by atoms with van der Waals surface area (Å²) in [6.07, 6.45) is 118. The van der Waals surface area contributed by atoms with Gasteiger partial charge in [0.05, 0.1) is 27.7 Å². The van der Waals surface area contributed by atoms with Crippen LogP contribution >= 0.6 is 7.82 Å². The molecule has 0 rings (SSSR count). The van der Waals surface area contributed by atoms with Gasteiger partial charge < -0.3 is 18.9 Å². The molecule has 1 N–H and O–H groups in total. The smallest absolute Gasteiger partial charge is 0.462 e. The van der Waals surface area contributed by atoms with Crippen molar-refractivity contribution in [1.82, 2.24) is 0 Å². The van der Waals surface area contributed by atoms with Gasteiger partial charge in [0.1, 0.15) is 19.8 Å². The Hall–Kier alpha value is -2.81. The van der Waals surface area contributed by atoms with Crippen LogP contribution in [-0.2, 0) is 32.7 Å². The first-order chi connectivity index (χ1) is 51.0. The number of likely N-dealkylation sites (N-methyl/N-ethyl adjacent to an activating group) is 1. The molecule has 0 bridgehead atoms. The van der Waals surface area contributed by atoms with Crippen molar-refractivity contribution in [1.29, 1.82) is 0 Å². The Labute approximate surface area is 647 Å². The van der Waals surface area contributed by atoms with E-state index in [9.17, 15) is 19.0 Å². The fourth-order valence-electron chi connectivity index (χ4n) is 13.6. The van der Waals surface area contributed by atoms with E-state index in [1.807, 2.05) is 21.1 Å². The van der Waals surface area contributed by atoms with Crippen molar-refractivity contribution in [2.24, 2.45) is 0 Å². The van der Waals surface area contributed by atoms with Crippen molar-refractivity contribution in [2.75, 3.05) is 47.5 Å². The second-order valence-corrected chi connectivity index (χ2v) is 33.4. The molecule has 2 unspecified atom stereocenters. The van der Waals surface area contributed by atoms with E-state index in [-0.39, 0.29) is 25.6 Å². The molecule has 0 saturated heterocycles. The molecule has 10 heteroatoms. The van der Waals surface area contributed by atoms with E-state index >= 15 is 0 Å². The quantitative estimate of drug-likeness (QED) is 0.0211. The van der Waals surface area contributed by atoms with Crippen molar-refractivity contribution < 1.29 is 42.1 Å². The van der Waals surface area contributed by atoms with Gasteiger partial charge in [0.2, 0.25) is 0 Å². The molecule has 2 atom stereocenters. The molecular weight excluding hydrogens is 1300 g/mol. The van der Waals surface area contributed by atoms with Crippen LogP contribution in [-0.4, -0.2) is 74.9 Å². The number of phosphoric acid groups is 1. The summed E-state index contributed by atoms with van der Waals surface area (Å²) in [5.41, 5.74) is 0. The standard InChI is InChI=1S/C94H174NO8P/c1-6-8-10-12-14-16-18-20-22-24-26-28-30-32-34-36-38-40-42-44-46-47-49-50-52-54-56-58-60-62-64-66-68-70-72-74-76-78-80-82-84-86-93(96)100-90-92(91-102-104(98,99)101-89-88-95(3,4)5)103-94(97)87-85-83-81-79-77-75-73-71-69-67-65-63-61-59-57-55-53-51-48-45-43-41-39-37-35-33-31-29-27-25-23-21-19-17-15-13-11-9-7-2/h9,11,15,17-18,20-21,23-24,26-27,29,33,35,92H,6-8,10,12-14,16,19,22,25,28,30-32,34,36-91H2,1-5H3/p+1/b11-9-,17-15-,20-18-,23-21-,26-24-,29-27-,35-33-. The Morgan fingerprint density at radius 2 is 0.548 bits per heavy atom. The molecule has 0 aliphatic rings.